The summed E-state index contributed by atoms with van der Waals surface area (Å²) < 4.78 is 13.3. The first kappa shape index (κ1) is 9.34. The monoisotopic (exact) mass is 205 g/mol. The zero-order chi connectivity index (χ0) is 10.3. The van der Waals surface area contributed by atoms with Crippen molar-refractivity contribution in [2.45, 2.75) is 37.6 Å². The first-order valence-electron chi connectivity index (χ1n) is 5.80. The quantitative estimate of drug-likeness (QED) is 0.686. The Morgan fingerprint density at radius 1 is 1.20 bits per heavy atom. The van der Waals surface area contributed by atoms with E-state index in [0.717, 1.165) is 13.1 Å². The molecule has 0 unspecified atom stereocenters. The van der Waals surface area contributed by atoms with Crippen LogP contribution in [-0.2, 0) is 12.0 Å². The lowest BCUT2D eigenvalue weighted by molar-refractivity contribution is 0.374. The second-order valence-corrected chi connectivity index (χ2v) is 4.89. The van der Waals surface area contributed by atoms with Gasteiger partial charge in [0.1, 0.15) is 5.82 Å². The average molecular weight is 205 g/mol. The zero-order valence-electron chi connectivity index (χ0n) is 8.85. The molecule has 1 nitrogen and oxygen atoms in total. The fraction of sp³-hybridized carbons (Fsp3) is 0.538. The summed E-state index contributed by atoms with van der Waals surface area (Å²) in [6.45, 7) is 1.93. The second-order valence-electron chi connectivity index (χ2n) is 4.89. The molecule has 2 aliphatic rings. The van der Waals surface area contributed by atoms with Gasteiger partial charge < -0.3 is 5.32 Å². The number of nitrogens with one attached hydrogen (secondary N) is 1. The molecule has 1 saturated carbocycles. The Kier molecular flexibility index (Phi) is 2.06. The third-order valence-electron chi connectivity index (χ3n) is 3.98. The number of halogens is 1. The normalized spacial score (nSPS) is 23.0. The summed E-state index contributed by atoms with van der Waals surface area (Å²) in [5, 5.41) is 3.47. The maximum atomic E-state index is 13.3. The van der Waals surface area contributed by atoms with Crippen LogP contribution in [-0.4, -0.2) is 6.54 Å². The van der Waals surface area contributed by atoms with E-state index in [1.165, 1.54) is 36.8 Å². The number of benzene rings is 1. The molecular formula is C13H16FN. The summed E-state index contributed by atoms with van der Waals surface area (Å²) in [5.41, 5.74) is 2.82. The fourth-order valence-electron chi connectivity index (χ4n) is 3.23. The van der Waals surface area contributed by atoms with Crippen molar-refractivity contribution in [1.29, 1.82) is 0 Å². The van der Waals surface area contributed by atoms with Gasteiger partial charge in [0.05, 0.1) is 0 Å². The summed E-state index contributed by atoms with van der Waals surface area (Å²) in [4.78, 5) is 0. The molecular weight excluding hydrogens is 189 g/mol. The molecule has 1 aliphatic carbocycles. The molecule has 1 spiro atoms. The fourth-order valence-corrected chi connectivity index (χ4v) is 3.23. The molecule has 2 heteroatoms. The van der Waals surface area contributed by atoms with Gasteiger partial charge >= 0.3 is 0 Å². The molecule has 0 bridgehead atoms. The molecule has 15 heavy (non-hydrogen) atoms. The maximum absolute atomic E-state index is 13.3. The topological polar surface area (TPSA) is 12.0 Å². The zero-order valence-corrected chi connectivity index (χ0v) is 8.85. The van der Waals surface area contributed by atoms with E-state index in [1.54, 1.807) is 12.1 Å². The van der Waals surface area contributed by atoms with Gasteiger partial charge in [-0.2, -0.15) is 0 Å². The molecule has 1 N–H and O–H groups in total. The van der Waals surface area contributed by atoms with Crippen LogP contribution in [0.2, 0.25) is 0 Å². The van der Waals surface area contributed by atoms with Crippen molar-refractivity contribution in [2.75, 3.05) is 6.54 Å². The molecule has 0 atom stereocenters. The second kappa shape index (κ2) is 3.31. The molecule has 0 amide bonds. The highest BCUT2D eigenvalue weighted by Gasteiger charge is 2.38. The van der Waals surface area contributed by atoms with Crippen molar-refractivity contribution in [1.82, 2.24) is 5.32 Å². The van der Waals surface area contributed by atoms with Gasteiger partial charge in [-0.3, -0.25) is 0 Å². The van der Waals surface area contributed by atoms with Gasteiger partial charge in [0, 0.05) is 18.5 Å². The third kappa shape index (κ3) is 1.39. The Morgan fingerprint density at radius 3 is 2.80 bits per heavy atom. The molecule has 80 valence electrons. The van der Waals surface area contributed by atoms with Crippen LogP contribution in [0.5, 0.6) is 0 Å². The predicted molar refractivity (Wildman–Crippen MR) is 58.3 cm³/mol. The number of rotatable bonds is 0. The largest absolute Gasteiger partial charge is 0.312 e. The van der Waals surface area contributed by atoms with Crippen LogP contribution in [0.15, 0.2) is 18.2 Å². The van der Waals surface area contributed by atoms with Crippen molar-refractivity contribution in [3.8, 4) is 0 Å². The summed E-state index contributed by atoms with van der Waals surface area (Å²) >= 11 is 0. The van der Waals surface area contributed by atoms with Crippen LogP contribution < -0.4 is 5.32 Å². The van der Waals surface area contributed by atoms with E-state index >= 15 is 0 Å². The highest BCUT2D eigenvalue weighted by molar-refractivity contribution is 5.38. The predicted octanol–water partition coefficient (Wildman–Crippen LogP) is 2.74. The van der Waals surface area contributed by atoms with Gasteiger partial charge in [0.2, 0.25) is 0 Å². The molecule has 1 heterocycles. The molecule has 1 fully saturated rings. The smallest absolute Gasteiger partial charge is 0.123 e. The minimum absolute atomic E-state index is 0.0816. The standard InChI is InChI=1S/C13H16FN/c14-11-4-3-10-8-15-9-13(12(10)7-11)5-1-2-6-13/h3-4,7,15H,1-2,5-6,8-9H2. The Balaban J connectivity index is 2.12. The lowest BCUT2D eigenvalue weighted by Crippen LogP contribution is -2.41. The SMILES string of the molecule is Fc1ccc2c(c1)C1(CCCC1)CNC2. The van der Waals surface area contributed by atoms with Crippen molar-refractivity contribution < 1.29 is 4.39 Å². The molecule has 1 aromatic rings. The van der Waals surface area contributed by atoms with E-state index in [1.807, 2.05) is 6.07 Å². The molecule has 0 saturated heterocycles. The summed E-state index contributed by atoms with van der Waals surface area (Å²) in [6.07, 6.45) is 5.02. The molecule has 1 aliphatic heterocycles. The van der Waals surface area contributed by atoms with Crippen LogP contribution >= 0.6 is 0 Å². The molecule has 3 rings (SSSR count). The summed E-state index contributed by atoms with van der Waals surface area (Å²) in [7, 11) is 0. The van der Waals surface area contributed by atoms with Gasteiger partial charge in [0.25, 0.3) is 0 Å². The van der Waals surface area contributed by atoms with E-state index in [2.05, 4.69) is 5.32 Å². The van der Waals surface area contributed by atoms with Crippen molar-refractivity contribution in [3.63, 3.8) is 0 Å². The Hall–Kier alpha value is -0.890. The van der Waals surface area contributed by atoms with Crippen LogP contribution in [0.1, 0.15) is 36.8 Å². The first-order chi connectivity index (χ1) is 7.30. The minimum atomic E-state index is -0.0816. The van der Waals surface area contributed by atoms with Gasteiger partial charge in [-0.15, -0.1) is 0 Å². The minimum Gasteiger partial charge on any atom is -0.312 e. The Labute approximate surface area is 89.7 Å². The molecule has 1 aromatic carbocycles. The summed E-state index contributed by atoms with van der Waals surface area (Å²) in [6, 6.07) is 5.28. The van der Waals surface area contributed by atoms with E-state index < -0.39 is 0 Å². The lowest BCUT2D eigenvalue weighted by Gasteiger charge is -2.36. The lowest BCUT2D eigenvalue weighted by atomic mass is 9.74. The van der Waals surface area contributed by atoms with Gasteiger partial charge in [-0.25, -0.2) is 4.39 Å². The average Bonchev–Trinajstić information content (AvgIpc) is 2.69. The van der Waals surface area contributed by atoms with Gasteiger partial charge in [-0.05, 0) is 36.1 Å². The van der Waals surface area contributed by atoms with Crippen molar-refractivity contribution in [2.24, 2.45) is 0 Å². The van der Waals surface area contributed by atoms with Gasteiger partial charge in [-0.1, -0.05) is 18.9 Å². The van der Waals surface area contributed by atoms with Crippen molar-refractivity contribution >= 4 is 0 Å². The van der Waals surface area contributed by atoms with Crippen LogP contribution in [0, 0.1) is 5.82 Å². The number of hydrogen-bond donors (Lipinski definition) is 1. The molecule has 0 aromatic heterocycles. The van der Waals surface area contributed by atoms with Crippen LogP contribution in [0.4, 0.5) is 4.39 Å². The highest BCUT2D eigenvalue weighted by Crippen LogP contribution is 2.43. The third-order valence-corrected chi connectivity index (χ3v) is 3.98. The molecule has 0 radical (unpaired) electrons. The number of hydrogen-bond acceptors (Lipinski definition) is 1. The van der Waals surface area contributed by atoms with E-state index in [9.17, 15) is 4.39 Å². The van der Waals surface area contributed by atoms with Crippen molar-refractivity contribution in [3.05, 3.63) is 35.1 Å². The van der Waals surface area contributed by atoms with Gasteiger partial charge in [0.15, 0.2) is 0 Å². The van der Waals surface area contributed by atoms with E-state index in [-0.39, 0.29) is 11.2 Å². The van der Waals surface area contributed by atoms with Crippen LogP contribution in [0.3, 0.4) is 0 Å². The van der Waals surface area contributed by atoms with E-state index in [0.29, 0.717) is 0 Å². The number of fused-ring (bicyclic) bond motifs is 2. The highest BCUT2D eigenvalue weighted by atomic mass is 19.1. The Morgan fingerprint density at radius 2 is 2.00 bits per heavy atom. The summed E-state index contributed by atoms with van der Waals surface area (Å²) in [5.74, 6) is -0.0816. The first-order valence-corrected chi connectivity index (χ1v) is 5.80. The van der Waals surface area contributed by atoms with Crippen LogP contribution in [0.25, 0.3) is 0 Å². The van der Waals surface area contributed by atoms with E-state index in [4.69, 9.17) is 0 Å². The Bertz CT molecular complexity index is 380. The maximum Gasteiger partial charge on any atom is 0.123 e.